The van der Waals surface area contributed by atoms with Crippen molar-refractivity contribution in [3.05, 3.63) is 51.4 Å². The Morgan fingerprint density at radius 1 is 1.33 bits per heavy atom. The van der Waals surface area contributed by atoms with E-state index in [1.54, 1.807) is 37.1 Å². The van der Waals surface area contributed by atoms with Crippen molar-refractivity contribution in [2.45, 2.75) is 33.7 Å². The van der Waals surface area contributed by atoms with Gasteiger partial charge in [-0.3, -0.25) is 14.2 Å². The van der Waals surface area contributed by atoms with Gasteiger partial charge in [0, 0.05) is 6.54 Å². The molecule has 2 aromatic heterocycles. The van der Waals surface area contributed by atoms with E-state index in [9.17, 15) is 9.59 Å². The molecule has 1 amide bonds. The van der Waals surface area contributed by atoms with E-state index < -0.39 is 0 Å². The second kappa shape index (κ2) is 7.92. The monoisotopic (exact) mass is 385 g/mol. The van der Waals surface area contributed by atoms with E-state index in [-0.39, 0.29) is 11.5 Å². The number of para-hydroxylation sites is 2. The van der Waals surface area contributed by atoms with Gasteiger partial charge in [0.15, 0.2) is 0 Å². The van der Waals surface area contributed by atoms with Gasteiger partial charge < -0.3 is 10.1 Å². The number of rotatable bonds is 6. The number of ether oxygens (including phenoxy) is 1. The Kier molecular flexibility index (Phi) is 5.60. The number of benzene rings is 1. The molecular weight excluding hydrogens is 362 g/mol. The lowest BCUT2D eigenvalue weighted by Gasteiger charge is -2.09. The van der Waals surface area contributed by atoms with Crippen LogP contribution in [0.4, 0.5) is 5.69 Å². The minimum atomic E-state index is -0.270. The molecule has 6 nitrogen and oxygen atoms in total. The molecule has 0 aliphatic heterocycles. The molecule has 27 heavy (non-hydrogen) atoms. The Morgan fingerprint density at radius 2 is 2.07 bits per heavy atom. The quantitative estimate of drug-likeness (QED) is 0.694. The van der Waals surface area contributed by atoms with Crippen LogP contribution in [-0.2, 0) is 6.54 Å². The van der Waals surface area contributed by atoms with Crippen molar-refractivity contribution in [2.75, 3.05) is 12.4 Å². The first-order chi connectivity index (χ1) is 12.9. The largest absolute Gasteiger partial charge is 0.495 e. The number of amides is 1. The highest BCUT2D eigenvalue weighted by molar-refractivity contribution is 7.20. The van der Waals surface area contributed by atoms with Gasteiger partial charge in [-0.05, 0) is 37.0 Å². The maximum atomic E-state index is 12.8. The van der Waals surface area contributed by atoms with Crippen LogP contribution in [0, 0.1) is 12.8 Å². The molecule has 0 unspecified atom stereocenters. The maximum absolute atomic E-state index is 12.8. The topological polar surface area (TPSA) is 73.2 Å². The molecule has 0 aliphatic rings. The molecule has 0 atom stereocenters. The molecule has 1 aromatic carbocycles. The predicted molar refractivity (Wildman–Crippen MR) is 109 cm³/mol. The standard InChI is InChI=1S/C20H23N3O3S/c1-12(2)9-10-23-11-21-19-16(20(23)25)13(3)17(27-19)18(24)22-14-7-5-6-8-15(14)26-4/h5-8,11-12H,9-10H2,1-4H3,(H,22,24). The fraction of sp³-hybridized carbons (Fsp3) is 0.350. The van der Waals surface area contributed by atoms with Crippen molar-refractivity contribution in [3.8, 4) is 5.75 Å². The normalized spacial score (nSPS) is 11.1. The third-order valence-corrected chi connectivity index (χ3v) is 5.62. The highest BCUT2D eigenvalue weighted by atomic mass is 32.1. The van der Waals surface area contributed by atoms with E-state index in [4.69, 9.17) is 4.74 Å². The minimum absolute atomic E-state index is 0.0919. The van der Waals surface area contributed by atoms with Crippen LogP contribution in [0.5, 0.6) is 5.75 Å². The molecule has 0 saturated heterocycles. The van der Waals surface area contributed by atoms with E-state index >= 15 is 0 Å². The van der Waals surface area contributed by atoms with Gasteiger partial charge >= 0.3 is 0 Å². The summed E-state index contributed by atoms with van der Waals surface area (Å²) >= 11 is 1.23. The zero-order valence-electron chi connectivity index (χ0n) is 15.9. The molecule has 0 radical (unpaired) electrons. The van der Waals surface area contributed by atoms with Crippen LogP contribution in [0.1, 0.15) is 35.5 Å². The first kappa shape index (κ1) is 19.1. The van der Waals surface area contributed by atoms with Gasteiger partial charge in [-0.25, -0.2) is 4.98 Å². The number of fused-ring (bicyclic) bond motifs is 1. The summed E-state index contributed by atoms with van der Waals surface area (Å²) < 4.78 is 6.90. The summed E-state index contributed by atoms with van der Waals surface area (Å²) in [4.78, 5) is 31.1. The van der Waals surface area contributed by atoms with Crippen LogP contribution in [0.2, 0.25) is 0 Å². The summed E-state index contributed by atoms with van der Waals surface area (Å²) in [5.74, 6) is 0.810. The fourth-order valence-corrected chi connectivity index (χ4v) is 3.89. The van der Waals surface area contributed by atoms with Crippen LogP contribution >= 0.6 is 11.3 Å². The summed E-state index contributed by atoms with van der Waals surface area (Å²) in [6.07, 6.45) is 2.47. The number of anilines is 1. The number of hydrogen-bond acceptors (Lipinski definition) is 5. The Hall–Kier alpha value is -2.67. The summed E-state index contributed by atoms with van der Waals surface area (Å²) in [6.45, 7) is 6.66. The third kappa shape index (κ3) is 3.88. The van der Waals surface area contributed by atoms with Gasteiger partial charge in [-0.2, -0.15) is 0 Å². The van der Waals surface area contributed by atoms with Crippen LogP contribution in [0.15, 0.2) is 35.4 Å². The number of methoxy groups -OCH3 is 1. The molecule has 3 rings (SSSR count). The van der Waals surface area contributed by atoms with Gasteiger partial charge in [0.25, 0.3) is 11.5 Å². The number of nitrogens with zero attached hydrogens (tertiary/aromatic N) is 2. The summed E-state index contributed by atoms with van der Waals surface area (Å²) in [7, 11) is 1.55. The van der Waals surface area contributed by atoms with Crippen LogP contribution in [-0.4, -0.2) is 22.6 Å². The molecule has 0 saturated carbocycles. The van der Waals surface area contributed by atoms with Gasteiger partial charge in [-0.15, -0.1) is 11.3 Å². The lowest BCUT2D eigenvalue weighted by atomic mass is 10.1. The van der Waals surface area contributed by atoms with Crippen molar-refractivity contribution >= 4 is 33.1 Å². The first-order valence-corrected chi connectivity index (χ1v) is 9.67. The minimum Gasteiger partial charge on any atom is -0.495 e. The zero-order chi connectivity index (χ0) is 19.6. The van der Waals surface area contributed by atoms with E-state index in [0.29, 0.717) is 44.6 Å². The number of nitrogens with one attached hydrogen (secondary N) is 1. The molecule has 0 spiro atoms. The predicted octanol–water partition coefficient (Wildman–Crippen LogP) is 4.07. The Morgan fingerprint density at radius 3 is 2.78 bits per heavy atom. The van der Waals surface area contributed by atoms with E-state index in [2.05, 4.69) is 24.1 Å². The lowest BCUT2D eigenvalue weighted by molar-refractivity contribution is 0.102. The van der Waals surface area contributed by atoms with Crippen molar-refractivity contribution in [1.82, 2.24) is 9.55 Å². The van der Waals surface area contributed by atoms with Crippen LogP contribution in [0.25, 0.3) is 10.2 Å². The molecule has 0 fully saturated rings. The van der Waals surface area contributed by atoms with Gasteiger partial charge in [0.2, 0.25) is 0 Å². The summed E-state index contributed by atoms with van der Waals surface area (Å²) in [5.41, 5.74) is 1.16. The molecule has 7 heteroatoms. The van der Waals surface area contributed by atoms with Crippen LogP contribution < -0.4 is 15.6 Å². The molecule has 0 aliphatic carbocycles. The molecule has 2 heterocycles. The van der Waals surface area contributed by atoms with E-state index in [1.165, 1.54) is 11.3 Å². The molecule has 0 bridgehead atoms. The number of aromatic nitrogens is 2. The SMILES string of the molecule is COc1ccccc1NC(=O)c1sc2ncn(CCC(C)C)c(=O)c2c1C. The van der Waals surface area contributed by atoms with Crippen LogP contribution in [0.3, 0.4) is 0 Å². The summed E-state index contributed by atoms with van der Waals surface area (Å²) in [6, 6.07) is 7.21. The van der Waals surface area contributed by atoms with Crippen molar-refractivity contribution < 1.29 is 9.53 Å². The van der Waals surface area contributed by atoms with Gasteiger partial charge in [0.05, 0.1) is 29.4 Å². The lowest BCUT2D eigenvalue weighted by Crippen LogP contribution is -2.21. The van der Waals surface area contributed by atoms with E-state index in [1.807, 2.05) is 12.1 Å². The smallest absolute Gasteiger partial charge is 0.266 e. The Balaban J connectivity index is 1.95. The number of aryl methyl sites for hydroxylation is 2. The number of thiophene rings is 1. The average Bonchev–Trinajstić information content (AvgIpc) is 2.99. The average molecular weight is 385 g/mol. The molecule has 142 valence electrons. The van der Waals surface area contributed by atoms with E-state index in [0.717, 1.165) is 6.42 Å². The number of hydrogen-bond donors (Lipinski definition) is 1. The number of carbonyl (C=O) groups is 1. The molecule has 3 aromatic rings. The zero-order valence-corrected chi connectivity index (χ0v) is 16.7. The summed E-state index contributed by atoms with van der Waals surface area (Å²) in [5, 5.41) is 3.39. The highest BCUT2D eigenvalue weighted by Gasteiger charge is 2.20. The molecule has 1 N–H and O–H groups in total. The highest BCUT2D eigenvalue weighted by Crippen LogP contribution is 2.29. The fourth-order valence-electron chi connectivity index (χ4n) is 2.86. The van der Waals surface area contributed by atoms with Gasteiger partial charge in [0.1, 0.15) is 10.6 Å². The maximum Gasteiger partial charge on any atom is 0.266 e. The second-order valence-electron chi connectivity index (χ2n) is 6.82. The third-order valence-electron chi connectivity index (χ3n) is 4.43. The van der Waals surface area contributed by atoms with Crippen molar-refractivity contribution in [2.24, 2.45) is 5.92 Å². The van der Waals surface area contributed by atoms with Crippen molar-refractivity contribution in [1.29, 1.82) is 0 Å². The second-order valence-corrected chi connectivity index (χ2v) is 7.82. The van der Waals surface area contributed by atoms with Crippen molar-refractivity contribution in [3.63, 3.8) is 0 Å². The first-order valence-electron chi connectivity index (χ1n) is 8.85. The Bertz CT molecular complexity index is 1040. The Labute approximate surface area is 161 Å². The van der Waals surface area contributed by atoms with Gasteiger partial charge in [-0.1, -0.05) is 26.0 Å². The number of carbonyl (C=O) groups excluding carboxylic acids is 1. The molecular formula is C20H23N3O3S.